The van der Waals surface area contributed by atoms with Gasteiger partial charge in [0.2, 0.25) is 20.0 Å². The average molecular weight is 442 g/mol. The molecule has 2 heterocycles. The second-order valence-corrected chi connectivity index (χ2v) is 10.6. The highest BCUT2D eigenvalue weighted by Gasteiger charge is 2.27. The molecule has 1 saturated heterocycles. The number of piperidine rings is 1. The second-order valence-electron chi connectivity index (χ2n) is 6.86. The predicted octanol–water partition coefficient (Wildman–Crippen LogP) is 0.912. The van der Waals surface area contributed by atoms with Gasteiger partial charge in [-0.15, -0.1) is 0 Å². The normalized spacial score (nSPS) is 18.4. The van der Waals surface area contributed by atoms with Crippen LogP contribution >= 0.6 is 0 Å². The van der Waals surface area contributed by atoms with Crippen LogP contribution in [0.4, 0.5) is 0 Å². The summed E-state index contributed by atoms with van der Waals surface area (Å²) in [6.07, 6.45) is 3.95. The summed E-state index contributed by atoms with van der Waals surface area (Å²) in [5.74, 6) is 0.109. The zero-order valence-electron chi connectivity index (χ0n) is 15.9. The summed E-state index contributed by atoms with van der Waals surface area (Å²) in [7, 11) is -7.05. The maximum atomic E-state index is 12.5. The predicted molar refractivity (Wildman–Crippen MR) is 106 cm³/mol. The van der Waals surface area contributed by atoms with E-state index in [1.807, 2.05) is 0 Å². The Bertz CT molecular complexity index is 1050. The van der Waals surface area contributed by atoms with E-state index >= 15 is 0 Å². The quantitative estimate of drug-likeness (QED) is 0.658. The van der Waals surface area contributed by atoms with Crippen LogP contribution in [0.3, 0.4) is 0 Å². The van der Waals surface area contributed by atoms with Crippen molar-refractivity contribution < 1.29 is 26.0 Å². The van der Waals surface area contributed by atoms with E-state index in [1.54, 1.807) is 12.1 Å². The van der Waals surface area contributed by atoms with Crippen LogP contribution in [0.1, 0.15) is 29.0 Å². The monoisotopic (exact) mass is 441 g/mol. The minimum absolute atomic E-state index is 0.0239. The SMILES string of the molecule is CS(=O)(=O)N1CCCC(NC(=O)c2ccc(S(=O)(=O)NCc3ccco3)cc2)C1. The molecule has 3 rings (SSSR count). The number of rotatable bonds is 7. The standard InChI is InChI=1S/C18H23N3O6S2/c1-28(23,24)21-10-2-4-15(13-21)20-18(22)14-6-8-17(9-7-14)29(25,26)19-12-16-5-3-11-27-16/h3,5-9,11,15,19H,2,4,10,12-13H2,1H3,(H,20,22). The minimum atomic E-state index is -3.74. The van der Waals surface area contributed by atoms with Crippen molar-refractivity contribution >= 4 is 26.0 Å². The summed E-state index contributed by atoms with van der Waals surface area (Å²) in [4.78, 5) is 12.5. The number of amides is 1. The van der Waals surface area contributed by atoms with Crippen molar-refractivity contribution in [3.63, 3.8) is 0 Å². The number of carbonyl (C=O) groups is 1. The van der Waals surface area contributed by atoms with E-state index < -0.39 is 20.0 Å². The van der Waals surface area contributed by atoms with Crippen LogP contribution in [0.2, 0.25) is 0 Å². The molecule has 2 aromatic rings. The van der Waals surface area contributed by atoms with Crippen molar-refractivity contribution in [2.24, 2.45) is 0 Å². The molecule has 1 aromatic carbocycles. The molecule has 11 heteroatoms. The largest absolute Gasteiger partial charge is 0.468 e. The van der Waals surface area contributed by atoms with E-state index in [-0.39, 0.29) is 29.9 Å². The Hall–Kier alpha value is -2.21. The van der Waals surface area contributed by atoms with Crippen molar-refractivity contribution in [2.45, 2.75) is 30.3 Å². The second kappa shape index (κ2) is 8.66. The average Bonchev–Trinajstić information content (AvgIpc) is 3.20. The van der Waals surface area contributed by atoms with Gasteiger partial charge >= 0.3 is 0 Å². The molecular weight excluding hydrogens is 418 g/mol. The molecular formula is C18H23N3O6S2. The van der Waals surface area contributed by atoms with Crippen LogP contribution in [0.5, 0.6) is 0 Å². The van der Waals surface area contributed by atoms with Crippen molar-refractivity contribution in [2.75, 3.05) is 19.3 Å². The van der Waals surface area contributed by atoms with E-state index in [4.69, 9.17) is 4.42 Å². The molecule has 1 amide bonds. The molecule has 2 N–H and O–H groups in total. The van der Waals surface area contributed by atoms with Gasteiger partial charge < -0.3 is 9.73 Å². The van der Waals surface area contributed by atoms with Gasteiger partial charge in [0.15, 0.2) is 0 Å². The molecule has 1 fully saturated rings. The summed E-state index contributed by atoms with van der Waals surface area (Å²) in [5.41, 5.74) is 0.298. The molecule has 0 spiro atoms. The van der Waals surface area contributed by atoms with Gasteiger partial charge in [0, 0.05) is 24.7 Å². The molecule has 0 aliphatic carbocycles. The molecule has 1 unspecified atom stereocenters. The Labute approximate surface area is 170 Å². The highest BCUT2D eigenvalue weighted by molar-refractivity contribution is 7.89. The molecule has 0 saturated carbocycles. The van der Waals surface area contributed by atoms with Crippen LogP contribution in [0, 0.1) is 0 Å². The molecule has 1 aromatic heterocycles. The number of nitrogens with one attached hydrogen (secondary N) is 2. The highest BCUT2D eigenvalue weighted by Crippen LogP contribution is 2.15. The number of hydrogen-bond donors (Lipinski definition) is 2. The van der Waals surface area contributed by atoms with Gasteiger partial charge in [-0.1, -0.05) is 0 Å². The first kappa shape index (κ1) is 21.5. The van der Waals surface area contributed by atoms with E-state index in [0.29, 0.717) is 30.7 Å². The van der Waals surface area contributed by atoms with Crippen LogP contribution in [-0.4, -0.2) is 52.4 Å². The van der Waals surface area contributed by atoms with Crippen LogP contribution in [0.25, 0.3) is 0 Å². The van der Waals surface area contributed by atoms with Gasteiger partial charge in [0.1, 0.15) is 5.76 Å². The molecule has 1 aliphatic rings. The summed E-state index contributed by atoms with van der Waals surface area (Å²) in [5, 5.41) is 2.82. The van der Waals surface area contributed by atoms with Gasteiger partial charge in [-0.25, -0.2) is 25.9 Å². The van der Waals surface area contributed by atoms with E-state index in [1.165, 1.54) is 34.8 Å². The third-order valence-corrected chi connectivity index (χ3v) is 7.32. The minimum Gasteiger partial charge on any atom is -0.468 e. The van der Waals surface area contributed by atoms with E-state index in [0.717, 1.165) is 6.26 Å². The fraction of sp³-hybridized carbons (Fsp3) is 0.389. The van der Waals surface area contributed by atoms with Crippen LogP contribution in [-0.2, 0) is 26.6 Å². The number of furan rings is 1. The first-order valence-corrected chi connectivity index (χ1v) is 12.4. The Balaban J connectivity index is 1.61. The van der Waals surface area contributed by atoms with E-state index in [2.05, 4.69) is 10.0 Å². The van der Waals surface area contributed by atoms with Gasteiger partial charge in [0.25, 0.3) is 5.91 Å². The van der Waals surface area contributed by atoms with Crippen LogP contribution in [0.15, 0.2) is 52.0 Å². The van der Waals surface area contributed by atoms with Gasteiger partial charge in [-0.05, 0) is 49.2 Å². The number of nitrogens with zero attached hydrogens (tertiary/aromatic N) is 1. The van der Waals surface area contributed by atoms with Crippen molar-refractivity contribution in [1.82, 2.24) is 14.3 Å². The first-order chi connectivity index (χ1) is 13.6. The molecule has 1 atom stereocenters. The summed E-state index contributed by atoms with van der Waals surface area (Å²) < 4.78 is 56.9. The summed E-state index contributed by atoms with van der Waals surface area (Å²) in [6, 6.07) is 8.59. The van der Waals surface area contributed by atoms with Gasteiger partial charge in [0.05, 0.1) is 24.0 Å². The fourth-order valence-electron chi connectivity index (χ4n) is 3.08. The lowest BCUT2D eigenvalue weighted by Gasteiger charge is -2.31. The molecule has 9 nitrogen and oxygen atoms in total. The molecule has 0 bridgehead atoms. The van der Waals surface area contributed by atoms with Crippen LogP contribution < -0.4 is 10.0 Å². The Morgan fingerprint density at radius 1 is 1.17 bits per heavy atom. The number of hydrogen-bond acceptors (Lipinski definition) is 6. The molecule has 0 radical (unpaired) electrons. The van der Waals surface area contributed by atoms with Crippen molar-refractivity contribution in [3.8, 4) is 0 Å². The number of sulfonamides is 2. The molecule has 1 aliphatic heterocycles. The fourth-order valence-corrected chi connectivity index (χ4v) is 4.98. The smallest absolute Gasteiger partial charge is 0.251 e. The third kappa shape index (κ3) is 5.66. The van der Waals surface area contributed by atoms with Crippen molar-refractivity contribution in [1.29, 1.82) is 0 Å². The topological polar surface area (TPSA) is 126 Å². The molecule has 158 valence electrons. The zero-order chi connectivity index (χ0) is 21.1. The van der Waals surface area contributed by atoms with Crippen molar-refractivity contribution in [3.05, 3.63) is 54.0 Å². The zero-order valence-corrected chi connectivity index (χ0v) is 17.5. The summed E-state index contributed by atoms with van der Waals surface area (Å²) in [6.45, 7) is 0.701. The maximum Gasteiger partial charge on any atom is 0.251 e. The Morgan fingerprint density at radius 3 is 2.52 bits per heavy atom. The lowest BCUT2D eigenvalue weighted by atomic mass is 10.1. The highest BCUT2D eigenvalue weighted by atomic mass is 32.2. The maximum absolute atomic E-state index is 12.5. The lowest BCUT2D eigenvalue weighted by molar-refractivity contribution is 0.0921. The first-order valence-electron chi connectivity index (χ1n) is 9.03. The number of benzene rings is 1. The Morgan fingerprint density at radius 2 is 1.90 bits per heavy atom. The number of carbonyl (C=O) groups excluding carboxylic acids is 1. The van der Waals surface area contributed by atoms with Gasteiger partial charge in [-0.3, -0.25) is 4.79 Å². The Kier molecular flexibility index (Phi) is 6.42. The van der Waals surface area contributed by atoms with Gasteiger partial charge in [-0.2, -0.15) is 0 Å². The lowest BCUT2D eigenvalue weighted by Crippen LogP contribution is -2.49. The van der Waals surface area contributed by atoms with E-state index in [9.17, 15) is 21.6 Å². The molecule has 29 heavy (non-hydrogen) atoms. The third-order valence-electron chi connectivity index (χ3n) is 4.63. The summed E-state index contributed by atoms with van der Waals surface area (Å²) >= 11 is 0.